The SMILES string of the molecule is CC1CCC(C(O)c2ccc(C3C45CN(c6ccc(F)cc64)C3(C)C5)cc2)CCCC1=CC(=O)C1(N)CC1. The summed E-state index contributed by atoms with van der Waals surface area (Å²) < 4.78 is 14.2. The van der Waals surface area contributed by atoms with Gasteiger partial charge in [-0.15, -0.1) is 0 Å². The fourth-order valence-electron chi connectivity index (χ4n) is 8.67. The number of aliphatic hydroxyl groups is 1. The van der Waals surface area contributed by atoms with Crippen LogP contribution in [-0.4, -0.2) is 28.5 Å². The largest absolute Gasteiger partial charge is 0.388 e. The molecule has 3 aliphatic carbocycles. The van der Waals surface area contributed by atoms with Crippen molar-refractivity contribution in [1.82, 2.24) is 0 Å². The summed E-state index contributed by atoms with van der Waals surface area (Å²) in [6, 6.07) is 14.0. The van der Waals surface area contributed by atoms with E-state index in [1.807, 2.05) is 12.1 Å². The van der Waals surface area contributed by atoms with Crippen molar-refractivity contribution in [3.8, 4) is 0 Å². The molecule has 3 bridgehead atoms. The maximum Gasteiger partial charge on any atom is 0.175 e. The fourth-order valence-corrected chi connectivity index (χ4v) is 8.67. The Kier molecular flexibility index (Phi) is 5.33. The van der Waals surface area contributed by atoms with Gasteiger partial charge in [0.25, 0.3) is 0 Å². The summed E-state index contributed by atoms with van der Waals surface area (Å²) in [6.45, 7) is 5.53. The van der Waals surface area contributed by atoms with Gasteiger partial charge >= 0.3 is 0 Å². The Morgan fingerprint density at radius 1 is 1.16 bits per heavy atom. The first-order valence-electron chi connectivity index (χ1n) is 14.5. The highest BCUT2D eigenvalue weighted by Gasteiger charge is 2.75. The summed E-state index contributed by atoms with van der Waals surface area (Å²) in [5, 5.41) is 11.4. The topological polar surface area (TPSA) is 66.6 Å². The van der Waals surface area contributed by atoms with Crippen molar-refractivity contribution in [1.29, 1.82) is 0 Å². The van der Waals surface area contributed by atoms with Crippen LogP contribution in [0.5, 0.6) is 0 Å². The first-order valence-corrected chi connectivity index (χ1v) is 14.5. The van der Waals surface area contributed by atoms with E-state index in [1.54, 1.807) is 12.1 Å². The van der Waals surface area contributed by atoms with E-state index < -0.39 is 11.6 Å². The van der Waals surface area contributed by atoms with Crippen LogP contribution >= 0.6 is 0 Å². The lowest BCUT2D eigenvalue weighted by Gasteiger charge is -2.58. The molecule has 2 aromatic carbocycles. The van der Waals surface area contributed by atoms with E-state index in [0.717, 1.165) is 63.5 Å². The van der Waals surface area contributed by atoms with Gasteiger partial charge in [0.2, 0.25) is 0 Å². The molecule has 5 heteroatoms. The molecule has 2 saturated heterocycles. The molecule has 5 fully saturated rings. The van der Waals surface area contributed by atoms with E-state index >= 15 is 0 Å². The molecule has 0 aromatic heterocycles. The van der Waals surface area contributed by atoms with Crippen molar-refractivity contribution in [3.05, 3.63) is 76.6 Å². The number of hydrogen-bond acceptors (Lipinski definition) is 4. The summed E-state index contributed by atoms with van der Waals surface area (Å²) in [7, 11) is 0. The predicted octanol–water partition coefficient (Wildman–Crippen LogP) is 6.08. The zero-order valence-electron chi connectivity index (χ0n) is 22.6. The monoisotopic (exact) mass is 514 g/mol. The summed E-state index contributed by atoms with van der Waals surface area (Å²) in [5.41, 5.74) is 11.5. The molecule has 8 rings (SSSR count). The highest BCUT2D eigenvalue weighted by molar-refractivity contribution is 6.00. The quantitative estimate of drug-likeness (QED) is 0.475. The molecule has 6 aliphatic rings. The number of allylic oxidation sites excluding steroid dienone is 1. The molecule has 0 radical (unpaired) electrons. The number of carbonyl (C=O) groups is 1. The molecule has 1 spiro atoms. The Labute approximate surface area is 225 Å². The second kappa shape index (κ2) is 8.25. The molecule has 3 N–H and O–H groups in total. The van der Waals surface area contributed by atoms with Crippen molar-refractivity contribution in [2.24, 2.45) is 17.6 Å². The summed E-state index contributed by atoms with van der Waals surface area (Å²) in [5.74, 6) is 0.868. The van der Waals surface area contributed by atoms with Gasteiger partial charge in [-0.1, -0.05) is 36.8 Å². The van der Waals surface area contributed by atoms with E-state index in [-0.39, 0.29) is 28.5 Å². The van der Waals surface area contributed by atoms with Crippen molar-refractivity contribution in [3.63, 3.8) is 0 Å². The van der Waals surface area contributed by atoms with Gasteiger partial charge < -0.3 is 15.7 Å². The number of rotatable bonds is 5. The van der Waals surface area contributed by atoms with Crippen molar-refractivity contribution in [2.45, 2.75) is 93.7 Å². The van der Waals surface area contributed by atoms with Gasteiger partial charge in [-0.2, -0.15) is 0 Å². The number of anilines is 1. The van der Waals surface area contributed by atoms with Gasteiger partial charge in [0.15, 0.2) is 5.78 Å². The summed E-state index contributed by atoms with van der Waals surface area (Å²) in [6.07, 6.45) is 8.83. The number of halogens is 1. The molecular formula is C33H39FN2O2. The number of nitrogens with two attached hydrogens (primary N) is 1. The highest BCUT2D eigenvalue weighted by atomic mass is 19.1. The van der Waals surface area contributed by atoms with Gasteiger partial charge in [-0.3, -0.25) is 4.79 Å². The first-order chi connectivity index (χ1) is 18.1. The van der Waals surface area contributed by atoms with Gasteiger partial charge in [0.05, 0.1) is 11.6 Å². The third-order valence-corrected chi connectivity index (χ3v) is 11.0. The Bertz CT molecular complexity index is 1330. The molecule has 3 heterocycles. The normalized spacial score (nSPS) is 36.3. The number of carbonyl (C=O) groups excluding carboxylic acids is 1. The van der Waals surface area contributed by atoms with E-state index in [0.29, 0.717) is 11.8 Å². The molecule has 6 unspecified atom stereocenters. The maximum atomic E-state index is 14.2. The van der Waals surface area contributed by atoms with E-state index in [2.05, 4.69) is 43.0 Å². The molecule has 6 atom stereocenters. The van der Waals surface area contributed by atoms with Gasteiger partial charge in [0.1, 0.15) is 5.82 Å². The van der Waals surface area contributed by atoms with Crippen LogP contribution in [0.4, 0.5) is 10.1 Å². The summed E-state index contributed by atoms with van der Waals surface area (Å²) in [4.78, 5) is 15.0. The molecular weight excluding hydrogens is 475 g/mol. The highest BCUT2D eigenvalue weighted by Crippen LogP contribution is 2.74. The van der Waals surface area contributed by atoms with Crippen LogP contribution < -0.4 is 10.6 Å². The van der Waals surface area contributed by atoms with Crippen LogP contribution in [-0.2, 0) is 10.2 Å². The number of ketones is 1. The van der Waals surface area contributed by atoms with E-state index in [1.165, 1.54) is 22.4 Å². The third kappa shape index (κ3) is 3.43. The van der Waals surface area contributed by atoms with Crippen LogP contribution in [0.15, 0.2) is 54.1 Å². The maximum absolute atomic E-state index is 14.2. The van der Waals surface area contributed by atoms with Crippen LogP contribution in [0.2, 0.25) is 0 Å². The van der Waals surface area contributed by atoms with Gasteiger partial charge in [-0.05, 0) is 111 Å². The predicted molar refractivity (Wildman–Crippen MR) is 148 cm³/mol. The molecule has 0 amide bonds. The van der Waals surface area contributed by atoms with Crippen molar-refractivity contribution >= 4 is 11.5 Å². The zero-order chi connectivity index (χ0) is 26.4. The van der Waals surface area contributed by atoms with Crippen LogP contribution in [0.25, 0.3) is 0 Å². The second-order valence-electron chi connectivity index (χ2n) is 13.4. The lowest BCUT2D eigenvalue weighted by atomic mass is 9.48. The summed E-state index contributed by atoms with van der Waals surface area (Å²) >= 11 is 0. The van der Waals surface area contributed by atoms with Crippen molar-refractivity contribution in [2.75, 3.05) is 11.4 Å². The Morgan fingerprint density at radius 2 is 1.92 bits per heavy atom. The average Bonchev–Trinajstić information content (AvgIpc) is 3.35. The third-order valence-electron chi connectivity index (χ3n) is 11.0. The van der Waals surface area contributed by atoms with E-state index in [9.17, 15) is 14.3 Å². The lowest BCUT2D eigenvalue weighted by Crippen LogP contribution is -2.59. The fraction of sp³-hybridized carbons (Fsp3) is 0.545. The van der Waals surface area contributed by atoms with Gasteiger partial charge in [0, 0.05) is 29.1 Å². The molecule has 3 saturated carbocycles. The Balaban J connectivity index is 1.05. The smallest absolute Gasteiger partial charge is 0.175 e. The Hall–Kier alpha value is -2.50. The minimum absolute atomic E-state index is 0.0116. The molecule has 38 heavy (non-hydrogen) atoms. The molecule has 3 aliphatic heterocycles. The molecule has 4 nitrogen and oxygen atoms in total. The number of hydrogen-bond donors (Lipinski definition) is 2. The Morgan fingerprint density at radius 3 is 2.66 bits per heavy atom. The molecule has 2 aromatic rings. The number of fused-ring (bicyclic) bond motifs is 1. The van der Waals surface area contributed by atoms with E-state index in [4.69, 9.17) is 5.73 Å². The van der Waals surface area contributed by atoms with Crippen LogP contribution in [0, 0.1) is 17.7 Å². The van der Waals surface area contributed by atoms with Crippen LogP contribution in [0.3, 0.4) is 0 Å². The zero-order valence-corrected chi connectivity index (χ0v) is 22.6. The number of benzene rings is 2. The van der Waals surface area contributed by atoms with Crippen molar-refractivity contribution < 1.29 is 14.3 Å². The minimum Gasteiger partial charge on any atom is -0.388 e. The number of nitrogens with zero attached hydrogens (tertiary/aromatic N) is 1. The standard InChI is InChI=1S/C33H39FN2O2/c1-20-6-7-21(4-3-5-24(20)16-28(37)33(35)14-15-33)29(38)22-8-10-23(11-9-22)30-31(2)18-32(30)19-36(31)27-13-12-25(34)17-26(27)32/h8-13,16-17,20-21,29-30,38H,3-7,14-15,18-19,35H2,1-2H3. The average molecular weight is 515 g/mol. The lowest BCUT2D eigenvalue weighted by molar-refractivity contribution is -0.116. The first kappa shape index (κ1) is 24.5. The second-order valence-corrected chi connectivity index (χ2v) is 13.4. The molecule has 200 valence electrons. The number of aliphatic hydroxyl groups excluding tert-OH is 1. The minimum atomic E-state index is -0.591. The van der Waals surface area contributed by atoms with Crippen LogP contribution in [0.1, 0.15) is 93.9 Å². The van der Waals surface area contributed by atoms with Gasteiger partial charge in [-0.25, -0.2) is 4.39 Å².